The van der Waals surface area contributed by atoms with Gasteiger partial charge < -0.3 is 0 Å². The lowest BCUT2D eigenvalue weighted by Gasteiger charge is -2.17. The van der Waals surface area contributed by atoms with Crippen molar-refractivity contribution in [2.75, 3.05) is 11.4 Å². The molecule has 2 aromatic rings. The number of hydrogen-bond donors (Lipinski definition) is 0. The van der Waals surface area contributed by atoms with Crippen LogP contribution in [0.5, 0.6) is 0 Å². The van der Waals surface area contributed by atoms with Gasteiger partial charge >= 0.3 is 0 Å². The molecule has 0 aliphatic heterocycles. The second-order valence-electron chi connectivity index (χ2n) is 3.99. The molecule has 1 nitrogen and oxygen atoms in total. The first-order valence-electron chi connectivity index (χ1n) is 5.93. The first kappa shape index (κ1) is 14.5. The zero-order valence-corrected chi connectivity index (χ0v) is 12.1. The van der Waals surface area contributed by atoms with Gasteiger partial charge in [0.05, 0.1) is 6.54 Å². The first-order chi connectivity index (χ1) is 9.66. The quantitative estimate of drug-likeness (QED) is 0.349. The summed E-state index contributed by atoms with van der Waals surface area (Å²) in [4.78, 5) is 1.30. The van der Waals surface area contributed by atoms with Crippen LogP contribution in [0.1, 0.15) is 5.56 Å². The Balaban J connectivity index is 2.16. The number of halogens is 2. The van der Waals surface area contributed by atoms with Crippen LogP contribution in [0.3, 0.4) is 0 Å². The molecule has 2 aromatic carbocycles. The maximum atomic E-state index is 13.5. The van der Waals surface area contributed by atoms with Crippen LogP contribution in [-0.4, -0.2) is 11.8 Å². The highest BCUT2D eigenvalue weighted by molar-refractivity contribution is 7.80. The molecule has 0 aliphatic rings. The summed E-state index contributed by atoms with van der Waals surface area (Å²) in [6.45, 7) is 0.171. The molecule has 20 heavy (non-hydrogen) atoms. The van der Waals surface area contributed by atoms with E-state index in [4.69, 9.17) is 11.6 Å². The molecule has 0 N–H and O–H groups in total. The highest BCUT2D eigenvalue weighted by Crippen LogP contribution is 2.20. The number of anilines is 1. The molecule has 0 unspecified atom stereocenters. The van der Waals surface area contributed by atoms with E-state index < -0.39 is 5.24 Å². The van der Waals surface area contributed by atoms with Crippen molar-refractivity contribution in [3.63, 3.8) is 0 Å². The molecule has 0 aromatic heterocycles. The van der Waals surface area contributed by atoms with Crippen molar-refractivity contribution in [3.8, 4) is 11.8 Å². The Labute approximate surface area is 128 Å². The Morgan fingerprint density at radius 3 is 2.55 bits per heavy atom. The molecule has 0 atom stereocenters. The van der Waals surface area contributed by atoms with Crippen LogP contribution in [0.25, 0.3) is 0 Å². The molecule has 0 amide bonds. The topological polar surface area (TPSA) is 3.24 Å². The van der Waals surface area contributed by atoms with Crippen molar-refractivity contribution in [2.45, 2.75) is 0 Å². The molecule has 0 saturated heterocycles. The molecule has 0 heterocycles. The fourth-order valence-corrected chi connectivity index (χ4v) is 2.00. The lowest BCUT2D eigenvalue weighted by atomic mass is 10.2. The van der Waals surface area contributed by atoms with Crippen molar-refractivity contribution in [3.05, 3.63) is 65.2 Å². The number of rotatable bonds is 2. The number of thiocarbonyl (C=S) groups is 1. The van der Waals surface area contributed by atoms with Crippen LogP contribution >= 0.6 is 23.8 Å². The van der Waals surface area contributed by atoms with E-state index in [1.54, 1.807) is 24.3 Å². The molecule has 0 aliphatic carbocycles. The van der Waals surface area contributed by atoms with E-state index in [0.29, 0.717) is 10.7 Å². The molecular formula is C16H11ClFNS. The minimum absolute atomic E-state index is 0.171. The van der Waals surface area contributed by atoms with Gasteiger partial charge in [0.1, 0.15) is 0 Å². The highest BCUT2D eigenvalue weighted by Gasteiger charge is 2.10. The van der Waals surface area contributed by atoms with E-state index in [-0.39, 0.29) is 6.54 Å². The monoisotopic (exact) mass is 303 g/mol. The van der Waals surface area contributed by atoms with Crippen LogP contribution in [0.2, 0.25) is 5.02 Å². The summed E-state index contributed by atoms with van der Waals surface area (Å²) in [6, 6.07) is 16.4. The predicted molar refractivity (Wildman–Crippen MR) is 85.8 cm³/mol. The van der Waals surface area contributed by atoms with Gasteiger partial charge in [-0.3, -0.25) is 4.90 Å². The smallest absolute Gasteiger partial charge is 0.260 e. The second-order valence-corrected chi connectivity index (χ2v) is 4.76. The maximum Gasteiger partial charge on any atom is 0.260 e. The molecule has 4 heteroatoms. The Kier molecular flexibility index (Phi) is 5.11. The third-order valence-electron chi connectivity index (χ3n) is 2.58. The SMILES string of the molecule is FC(=S)N(CC#Cc1ccccc1)c1cccc(Cl)c1. The zero-order valence-electron chi connectivity index (χ0n) is 10.5. The van der Waals surface area contributed by atoms with E-state index in [9.17, 15) is 4.39 Å². The van der Waals surface area contributed by atoms with Gasteiger partial charge in [0.15, 0.2) is 0 Å². The molecule has 2 rings (SSSR count). The van der Waals surface area contributed by atoms with Gasteiger partial charge in [0.25, 0.3) is 5.24 Å². The highest BCUT2D eigenvalue weighted by atomic mass is 35.5. The number of benzene rings is 2. The summed E-state index contributed by atoms with van der Waals surface area (Å²) in [5.74, 6) is 5.87. The van der Waals surface area contributed by atoms with Crippen molar-refractivity contribution in [1.82, 2.24) is 0 Å². The van der Waals surface area contributed by atoms with Gasteiger partial charge in [-0.25, -0.2) is 0 Å². The van der Waals surface area contributed by atoms with E-state index in [1.165, 1.54) is 4.90 Å². The minimum atomic E-state index is -0.727. The van der Waals surface area contributed by atoms with Gasteiger partial charge in [-0.1, -0.05) is 47.7 Å². The van der Waals surface area contributed by atoms with E-state index in [1.807, 2.05) is 30.3 Å². The van der Waals surface area contributed by atoms with Gasteiger partial charge in [0.2, 0.25) is 0 Å². The number of nitrogens with zero attached hydrogens (tertiary/aromatic N) is 1. The molecule has 0 saturated carbocycles. The predicted octanol–water partition coefficient (Wildman–Crippen LogP) is 4.45. The average molecular weight is 304 g/mol. The van der Waals surface area contributed by atoms with E-state index in [2.05, 4.69) is 24.1 Å². The third-order valence-corrected chi connectivity index (χ3v) is 3.03. The number of hydrogen-bond acceptors (Lipinski definition) is 1. The summed E-state index contributed by atoms with van der Waals surface area (Å²) < 4.78 is 13.5. The zero-order chi connectivity index (χ0) is 14.4. The standard InChI is InChI=1S/C16H11ClFNS/c17-14-9-4-10-15(12-14)19(16(18)20)11-5-8-13-6-2-1-3-7-13/h1-4,6-7,9-10,12H,11H2. The molecule has 100 valence electrons. The second kappa shape index (κ2) is 7.04. The normalized spacial score (nSPS) is 9.50. The van der Waals surface area contributed by atoms with Crippen molar-refractivity contribution >= 4 is 34.7 Å². The van der Waals surface area contributed by atoms with Gasteiger partial charge in [-0.05, 0) is 42.5 Å². The van der Waals surface area contributed by atoms with Crippen LogP contribution in [0.15, 0.2) is 54.6 Å². The summed E-state index contributed by atoms with van der Waals surface area (Å²) in [7, 11) is 0. The fourth-order valence-electron chi connectivity index (χ4n) is 1.64. The maximum absolute atomic E-state index is 13.5. The Bertz CT molecular complexity index is 661. The van der Waals surface area contributed by atoms with Crippen LogP contribution in [0, 0.1) is 11.8 Å². The van der Waals surface area contributed by atoms with Crippen molar-refractivity contribution < 1.29 is 4.39 Å². The molecular weight excluding hydrogens is 293 g/mol. The van der Waals surface area contributed by atoms with Crippen LogP contribution in [-0.2, 0) is 0 Å². The van der Waals surface area contributed by atoms with Crippen LogP contribution < -0.4 is 4.90 Å². The summed E-state index contributed by atoms with van der Waals surface area (Å²) in [5.41, 5.74) is 1.47. The van der Waals surface area contributed by atoms with Crippen LogP contribution in [0.4, 0.5) is 10.1 Å². The Morgan fingerprint density at radius 1 is 1.15 bits per heavy atom. The molecule has 0 fully saturated rings. The summed E-state index contributed by atoms with van der Waals surface area (Å²) >= 11 is 10.5. The summed E-state index contributed by atoms with van der Waals surface area (Å²) in [6.07, 6.45) is 0. The Morgan fingerprint density at radius 2 is 1.90 bits per heavy atom. The van der Waals surface area contributed by atoms with Crippen molar-refractivity contribution in [2.24, 2.45) is 0 Å². The van der Waals surface area contributed by atoms with Gasteiger partial charge in [0, 0.05) is 16.3 Å². The largest absolute Gasteiger partial charge is 0.297 e. The Hall–Kier alpha value is -1.89. The lowest BCUT2D eigenvalue weighted by molar-refractivity contribution is 0.793. The van der Waals surface area contributed by atoms with Gasteiger partial charge in [-0.2, -0.15) is 4.39 Å². The van der Waals surface area contributed by atoms with E-state index >= 15 is 0 Å². The first-order valence-corrected chi connectivity index (χ1v) is 6.72. The molecule has 0 bridgehead atoms. The van der Waals surface area contributed by atoms with Crippen molar-refractivity contribution in [1.29, 1.82) is 0 Å². The minimum Gasteiger partial charge on any atom is -0.297 e. The van der Waals surface area contributed by atoms with E-state index in [0.717, 1.165) is 5.56 Å². The fraction of sp³-hybridized carbons (Fsp3) is 0.0625. The molecule has 0 radical (unpaired) electrons. The third kappa shape index (κ3) is 4.06. The average Bonchev–Trinajstić information content (AvgIpc) is 2.44. The van der Waals surface area contributed by atoms with Gasteiger partial charge in [-0.15, -0.1) is 0 Å². The lowest BCUT2D eigenvalue weighted by Crippen LogP contribution is -2.26. The summed E-state index contributed by atoms with van der Waals surface area (Å²) in [5, 5.41) is -0.200. The molecule has 0 spiro atoms.